The van der Waals surface area contributed by atoms with Crippen molar-refractivity contribution in [3.8, 4) is 0 Å². The van der Waals surface area contributed by atoms with Crippen LogP contribution in [0.15, 0.2) is 30.3 Å². The minimum Gasteiger partial charge on any atom is -0.392 e. The average Bonchev–Trinajstić information content (AvgIpc) is 2.87. The van der Waals surface area contributed by atoms with Crippen molar-refractivity contribution in [1.82, 2.24) is 4.90 Å². The van der Waals surface area contributed by atoms with E-state index in [4.69, 9.17) is 0 Å². The molecule has 3 unspecified atom stereocenters. The van der Waals surface area contributed by atoms with Gasteiger partial charge in [0.15, 0.2) is 0 Å². The van der Waals surface area contributed by atoms with E-state index in [1.165, 1.54) is 24.9 Å². The second kappa shape index (κ2) is 7.06. The van der Waals surface area contributed by atoms with Crippen LogP contribution in [0.3, 0.4) is 0 Å². The molecule has 1 heterocycles. The number of rotatable bonds is 6. The lowest BCUT2D eigenvalue weighted by Gasteiger charge is -2.24. The molecule has 0 amide bonds. The Morgan fingerprint density at radius 2 is 2.05 bits per heavy atom. The minimum absolute atomic E-state index is 0.212. The monoisotopic (exact) mass is 261 g/mol. The third kappa shape index (κ3) is 4.32. The summed E-state index contributed by atoms with van der Waals surface area (Å²) in [6, 6.07) is 10.5. The zero-order valence-corrected chi connectivity index (χ0v) is 12.3. The summed E-state index contributed by atoms with van der Waals surface area (Å²) in [7, 11) is 0. The first-order valence-electron chi connectivity index (χ1n) is 7.63. The van der Waals surface area contributed by atoms with E-state index in [9.17, 15) is 5.11 Å². The van der Waals surface area contributed by atoms with Crippen LogP contribution in [0.25, 0.3) is 0 Å². The summed E-state index contributed by atoms with van der Waals surface area (Å²) in [6.07, 6.45) is 3.32. The zero-order chi connectivity index (χ0) is 13.7. The summed E-state index contributed by atoms with van der Waals surface area (Å²) in [4.78, 5) is 2.43. The van der Waals surface area contributed by atoms with Crippen molar-refractivity contribution in [3.05, 3.63) is 35.9 Å². The smallest absolute Gasteiger partial charge is 0.0695 e. The molecule has 2 heteroatoms. The molecule has 2 nitrogen and oxygen atoms in total. The van der Waals surface area contributed by atoms with E-state index in [2.05, 4.69) is 43.0 Å². The maximum Gasteiger partial charge on any atom is 0.0695 e. The number of β-amino-alcohol motifs (C(OH)–C–C–N with tert-alkyl or cyclic N) is 1. The Labute approximate surface area is 117 Å². The van der Waals surface area contributed by atoms with Crippen LogP contribution >= 0.6 is 0 Å². The van der Waals surface area contributed by atoms with Crippen molar-refractivity contribution in [3.63, 3.8) is 0 Å². The zero-order valence-electron chi connectivity index (χ0n) is 12.3. The number of aliphatic hydroxyl groups is 1. The standard InChI is InChI=1S/C17H27NO/c1-3-15-9-10-18(12-15)13-17(19)14(2)11-16-7-5-4-6-8-16/h4-8,14-15,17,19H,3,9-13H2,1-2H3. The molecule has 1 aromatic rings. The summed E-state index contributed by atoms with van der Waals surface area (Å²) in [6.45, 7) is 7.59. The highest BCUT2D eigenvalue weighted by atomic mass is 16.3. The fourth-order valence-corrected chi connectivity index (χ4v) is 2.98. The molecule has 0 radical (unpaired) electrons. The second-order valence-electron chi connectivity index (χ2n) is 6.06. The molecule has 0 saturated carbocycles. The van der Waals surface area contributed by atoms with E-state index < -0.39 is 0 Å². The van der Waals surface area contributed by atoms with Crippen molar-refractivity contribution in [2.45, 2.75) is 39.2 Å². The fourth-order valence-electron chi connectivity index (χ4n) is 2.98. The van der Waals surface area contributed by atoms with Crippen LogP contribution in [-0.4, -0.2) is 35.7 Å². The Kier molecular flexibility index (Phi) is 5.41. The van der Waals surface area contributed by atoms with Crippen molar-refractivity contribution in [2.75, 3.05) is 19.6 Å². The number of aliphatic hydroxyl groups excluding tert-OH is 1. The van der Waals surface area contributed by atoms with Crippen LogP contribution in [0.1, 0.15) is 32.3 Å². The van der Waals surface area contributed by atoms with Crippen LogP contribution in [-0.2, 0) is 6.42 Å². The van der Waals surface area contributed by atoms with Crippen LogP contribution in [0, 0.1) is 11.8 Å². The highest BCUT2D eigenvalue weighted by molar-refractivity contribution is 5.15. The Morgan fingerprint density at radius 3 is 2.68 bits per heavy atom. The molecule has 3 atom stereocenters. The molecule has 1 aromatic carbocycles. The SMILES string of the molecule is CCC1CCN(CC(O)C(C)Cc2ccccc2)C1. The van der Waals surface area contributed by atoms with E-state index in [1.807, 2.05) is 6.07 Å². The fraction of sp³-hybridized carbons (Fsp3) is 0.647. The maximum atomic E-state index is 10.4. The van der Waals surface area contributed by atoms with Gasteiger partial charge in [0.2, 0.25) is 0 Å². The van der Waals surface area contributed by atoms with Crippen molar-refractivity contribution in [1.29, 1.82) is 0 Å². The Balaban J connectivity index is 1.78. The van der Waals surface area contributed by atoms with Gasteiger partial charge in [-0.05, 0) is 36.8 Å². The first-order valence-corrected chi connectivity index (χ1v) is 7.63. The molecule has 2 rings (SSSR count). The normalized spacial score (nSPS) is 23.4. The number of benzene rings is 1. The van der Waals surface area contributed by atoms with E-state index >= 15 is 0 Å². The van der Waals surface area contributed by atoms with Gasteiger partial charge in [0.25, 0.3) is 0 Å². The van der Waals surface area contributed by atoms with Gasteiger partial charge < -0.3 is 10.0 Å². The van der Waals surface area contributed by atoms with Crippen LogP contribution < -0.4 is 0 Å². The lowest BCUT2D eigenvalue weighted by atomic mass is 9.95. The molecule has 1 N–H and O–H groups in total. The van der Waals surface area contributed by atoms with Gasteiger partial charge in [0.1, 0.15) is 0 Å². The van der Waals surface area contributed by atoms with Crippen molar-refractivity contribution < 1.29 is 5.11 Å². The molecule has 0 bridgehead atoms. The predicted octanol–water partition coefficient (Wildman–Crippen LogP) is 2.96. The summed E-state index contributed by atoms with van der Waals surface area (Å²) >= 11 is 0. The molecule has 0 aromatic heterocycles. The topological polar surface area (TPSA) is 23.5 Å². The Bertz CT molecular complexity index is 365. The van der Waals surface area contributed by atoms with Crippen LogP contribution in [0.4, 0.5) is 0 Å². The van der Waals surface area contributed by atoms with Crippen molar-refractivity contribution in [2.24, 2.45) is 11.8 Å². The summed E-state index contributed by atoms with van der Waals surface area (Å²) < 4.78 is 0. The summed E-state index contributed by atoms with van der Waals surface area (Å²) in [5.74, 6) is 1.17. The lowest BCUT2D eigenvalue weighted by molar-refractivity contribution is 0.0773. The lowest BCUT2D eigenvalue weighted by Crippen LogP contribution is -2.35. The molecular formula is C17H27NO. The molecule has 1 saturated heterocycles. The van der Waals surface area contributed by atoms with Gasteiger partial charge in [-0.1, -0.05) is 50.6 Å². The van der Waals surface area contributed by atoms with E-state index in [0.29, 0.717) is 5.92 Å². The van der Waals surface area contributed by atoms with E-state index in [0.717, 1.165) is 25.4 Å². The average molecular weight is 261 g/mol. The highest BCUT2D eigenvalue weighted by Gasteiger charge is 2.24. The molecule has 0 spiro atoms. The molecule has 1 aliphatic rings. The van der Waals surface area contributed by atoms with Gasteiger partial charge >= 0.3 is 0 Å². The molecule has 0 aliphatic carbocycles. The van der Waals surface area contributed by atoms with Gasteiger partial charge in [-0.3, -0.25) is 0 Å². The summed E-state index contributed by atoms with van der Waals surface area (Å²) in [5.41, 5.74) is 1.32. The number of hydrogen-bond donors (Lipinski definition) is 1. The van der Waals surface area contributed by atoms with Gasteiger partial charge in [-0.25, -0.2) is 0 Å². The van der Waals surface area contributed by atoms with E-state index in [-0.39, 0.29) is 6.10 Å². The largest absolute Gasteiger partial charge is 0.392 e. The predicted molar refractivity (Wildman–Crippen MR) is 80.2 cm³/mol. The second-order valence-corrected chi connectivity index (χ2v) is 6.06. The minimum atomic E-state index is -0.212. The quantitative estimate of drug-likeness (QED) is 0.851. The highest BCUT2D eigenvalue weighted by Crippen LogP contribution is 2.21. The van der Waals surface area contributed by atoms with Gasteiger partial charge in [0.05, 0.1) is 6.10 Å². The van der Waals surface area contributed by atoms with Gasteiger partial charge in [-0.15, -0.1) is 0 Å². The van der Waals surface area contributed by atoms with Gasteiger partial charge in [0, 0.05) is 13.1 Å². The molecule has 19 heavy (non-hydrogen) atoms. The Hall–Kier alpha value is -0.860. The number of likely N-dealkylation sites (tertiary alicyclic amines) is 1. The summed E-state index contributed by atoms with van der Waals surface area (Å²) in [5, 5.41) is 10.4. The molecule has 106 valence electrons. The third-order valence-corrected chi connectivity index (χ3v) is 4.45. The van der Waals surface area contributed by atoms with Crippen LogP contribution in [0.2, 0.25) is 0 Å². The van der Waals surface area contributed by atoms with Gasteiger partial charge in [-0.2, -0.15) is 0 Å². The number of hydrogen-bond acceptors (Lipinski definition) is 2. The van der Waals surface area contributed by atoms with E-state index in [1.54, 1.807) is 0 Å². The Morgan fingerprint density at radius 1 is 1.32 bits per heavy atom. The van der Waals surface area contributed by atoms with Crippen molar-refractivity contribution >= 4 is 0 Å². The molecular weight excluding hydrogens is 234 g/mol. The molecule has 1 fully saturated rings. The number of nitrogens with zero attached hydrogens (tertiary/aromatic N) is 1. The first-order chi connectivity index (χ1) is 9.19. The molecule has 1 aliphatic heterocycles. The maximum absolute atomic E-state index is 10.4. The first kappa shape index (κ1) is 14.5. The third-order valence-electron chi connectivity index (χ3n) is 4.45. The van der Waals surface area contributed by atoms with Crippen LogP contribution in [0.5, 0.6) is 0 Å².